The van der Waals surface area contributed by atoms with Gasteiger partial charge in [0, 0.05) is 6.08 Å². The summed E-state index contributed by atoms with van der Waals surface area (Å²) >= 11 is 0. The number of ether oxygens (including phenoxy) is 1. The molecule has 0 radical (unpaired) electrons. The number of aldehydes is 1. The van der Waals surface area contributed by atoms with E-state index in [2.05, 4.69) is 0 Å². The molecule has 2 aromatic rings. The molecular formula is C21H18O6. The highest BCUT2D eigenvalue weighted by atomic mass is 16.5. The van der Waals surface area contributed by atoms with Gasteiger partial charge < -0.3 is 20.1 Å². The Kier molecular flexibility index (Phi) is 6.55. The molecule has 0 bridgehead atoms. The van der Waals surface area contributed by atoms with Crippen molar-refractivity contribution >= 4 is 24.2 Å². The normalized spacial score (nSPS) is 11.8. The lowest BCUT2D eigenvalue weighted by molar-refractivity contribution is -0.110. The van der Waals surface area contributed by atoms with Crippen LogP contribution in [0.4, 0.5) is 0 Å². The number of allylic oxidation sites excluding steroid dienone is 3. The first-order valence-corrected chi connectivity index (χ1v) is 7.89. The number of ketones is 1. The van der Waals surface area contributed by atoms with Crippen LogP contribution in [-0.2, 0) is 4.79 Å². The summed E-state index contributed by atoms with van der Waals surface area (Å²) in [6, 6.07) is 9.08. The van der Waals surface area contributed by atoms with Gasteiger partial charge in [0.25, 0.3) is 0 Å². The summed E-state index contributed by atoms with van der Waals surface area (Å²) < 4.78 is 4.94. The second kappa shape index (κ2) is 9.05. The number of aromatic hydroxyl groups is 2. The Balaban J connectivity index is 2.04. The quantitative estimate of drug-likeness (QED) is 0.299. The van der Waals surface area contributed by atoms with Crippen LogP contribution < -0.4 is 4.74 Å². The lowest BCUT2D eigenvalue weighted by atomic mass is 10.1. The molecule has 0 saturated heterocycles. The van der Waals surface area contributed by atoms with Gasteiger partial charge in [0.15, 0.2) is 23.6 Å². The van der Waals surface area contributed by atoms with E-state index in [-0.39, 0.29) is 22.8 Å². The fraction of sp³-hybridized carbons (Fsp3) is 0.0476. The number of hydrogen-bond acceptors (Lipinski definition) is 6. The smallest absolute Gasteiger partial charge is 0.182 e. The van der Waals surface area contributed by atoms with Crippen molar-refractivity contribution in [1.29, 1.82) is 0 Å². The van der Waals surface area contributed by atoms with Gasteiger partial charge in [0.2, 0.25) is 0 Å². The van der Waals surface area contributed by atoms with Crippen molar-refractivity contribution in [1.82, 2.24) is 0 Å². The van der Waals surface area contributed by atoms with Crippen LogP contribution in [0.25, 0.3) is 12.2 Å². The van der Waals surface area contributed by atoms with E-state index in [0.29, 0.717) is 23.2 Å². The minimum atomic E-state index is -0.464. The van der Waals surface area contributed by atoms with Crippen molar-refractivity contribution in [2.45, 2.75) is 0 Å². The molecule has 0 aromatic heterocycles. The molecule has 3 N–H and O–H groups in total. The summed E-state index contributed by atoms with van der Waals surface area (Å²) in [7, 11) is 1.44. The molecule has 0 atom stereocenters. The van der Waals surface area contributed by atoms with Crippen molar-refractivity contribution < 1.29 is 29.6 Å². The average molecular weight is 366 g/mol. The van der Waals surface area contributed by atoms with Gasteiger partial charge in [-0.25, -0.2) is 0 Å². The molecule has 0 aliphatic rings. The standard InChI is InChI=1S/C21H18O6/c1-27-21-9-5-15(11-20(21)26)4-8-18(24)12-17(23)7-3-14-2-6-16(13-22)19(25)10-14/h2-13,24-26H,1H3/b7-3+,8-4+,18-12-. The van der Waals surface area contributed by atoms with Crippen LogP contribution in [0.2, 0.25) is 0 Å². The first kappa shape index (κ1) is 19.5. The number of benzene rings is 2. The van der Waals surface area contributed by atoms with E-state index in [4.69, 9.17) is 4.74 Å². The Morgan fingerprint density at radius 3 is 2.19 bits per heavy atom. The van der Waals surface area contributed by atoms with Crippen LogP contribution in [-0.4, -0.2) is 34.5 Å². The van der Waals surface area contributed by atoms with E-state index in [1.807, 2.05) is 0 Å². The van der Waals surface area contributed by atoms with Gasteiger partial charge in [0.1, 0.15) is 11.5 Å². The molecule has 0 amide bonds. The molecule has 0 heterocycles. The summed E-state index contributed by atoms with van der Waals surface area (Å²) in [6.45, 7) is 0. The van der Waals surface area contributed by atoms with Crippen molar-refractivity contribution in [2.75, 3.05) is 7.11 Å². The minimum Gasteiger partial charge on any atom is -0.508 e. The zero-order valence-electron chi connectivity index (χ0n) is 14.5. The van der Waals surface area contributed by atoms with E-state index in [1.54, 1.807) is 18.2 Å². The third-order valence-electron chi connectivity index (χ3n) is 3.56. The minimum absolute atomic E-state index is 0.0361. The van der Waals surface area contributed by atoms with Crippen molar-refractivity contribution in [3.8, 4) is 17.2 Å². The highest BCUT2D eigenvalue weighted by Crippen LogP contribution is 2.26. The van der Waals surface area contributed by atoms with Gasteiger partial charge in [0.05, 0.1) is 12.7 Å². The second-order valence-corrected chi connectivity index (χ2v) is 5.51. The van der Waals surface area contributed by atoms with Crippen molar-refractivity contribution in [3.05, 3.63) is 77.1 Å². The van der Waals surface area contributed by atoms with E-state index in [9.17, 15) is 24.9 Å². The van der Waals surface area contributed by atoms with Crippen LogP contribution in [0, 0.1) is 0 Å². The van der Waals surface area contributed by atoms with Crippen LogP contribution in [0.5, 0.6) is 17.2 Å². The Morgan fingerprint density at radius 2 is 1.59 bits per heavy atom. The predicted octanol–water partition coefficient (Wildman–Crippen LogP) is 3.66. The molecular weight excluding hydrogens is 348 g/mol. The summed E-state index contributed by atoms with van der Waals surface area (Å²) in [5, 5.41) is 29.1. The molecule has 0 saturated carbocycles. The average Bonchev–Trinajstić information content (AvgIpc) is 2.65. The SMILES string of the molecule is COc1ccc(/C=C/C(O)=C/C(=O)/C=C/c2ccc(C=O)c(O)c2)cc1O. The second-order valence-electron chi connectivity index (χ2n) is 5.51. The number of aliphatic hydroxyl groups excluding tert-OH is 1. The maximum absolute atomic E-state index is 11.9. The molecule has 0 unspecified atom stereocenters. The molecule has 6 heteroatoms. The molecule has 138 valence electrons. The van der Waals surface area contributed by atoms with E-state index < -0.39 is 5.78 Å². The van der Waals surface area contributed by atoms with Gasteiger partial charge in [-0.1, -0.05) is 24.3 Å². The number of methoxy groups -OCH3 is 1. The maximum Gasteiger partial charge on any atom is 0.182 e. The number of phenols is 2. The van der Waals surface area contributed by atoms with Crippen LogP contribution in [0.3, 0.4) is 0 Å². The van der Waals surface area contributed by atoms with E-state index >= 15 is 0 Å². The third-order valence-corrected chi connectivity index (χ3v) is 3.56. The van der Waals surface area contributed by atoms with Gasteiger partial charge >= 0.3 is 0 Å². The van der Waals surface area contributed by atoms with Crippen molar-refractivity contribution in [2.24, 2.45) is 0 Å². The van der Waals surface area contributed by atoms with Gasteiger partial charge in [-0.2, -0.15) is 0 Å². The number of phenolic OH excluding ortho intramolecular Hbond substituents is 2. The zero-order valence-corrected chi connectivity index (χ0v) is 14.5. The monoisotopic (exact) mass is 366 g/mol. The highest BCUT2D eigenvalue weighted by Gasteiger charge is 2.02. The third kappa shape index (κ3) is 5.61. The van der Waals surface area contributed by atoms with Gasteiger partial charge in [-0.3, -0.25) is 9.59 Å². The first-order valence-electron chi connectivity index (χ1n) is 7.89. The summed E-state index contributed by atoms with van der Waals surface area (Å²) in [5.41, 5.74) is 1.30. The lowest BCUT2D eigenvalue weighted by Crippen LogP contribution is -1.89. The highest BCUT2D eigenvalue weighted by molar-refractivity contribution is 6.02. The maximum atomic E-state index is 11.9. The van der Waals surface area contributed by atoms with Crippen LogP contribution >= 0.6 is 0 Å². The lowest BCUT2D eigenvalue weighted by Gasteiger charge is -2.03. The fourth-order valence-electron chi connectivity index (χ4n) is 2.18. The largest absolute Gasteiger partial charge is 0.508 e. The molecule has 0 aliphatic carbocycles. The molecule has 0 spiro atoms. The Labute approximate surface area is 156 Å². The Morgan fingerprint density at radius 1 is 0.963 bits per heavy atom. The number of carbonyl (C=O) groups is 2. The topological polar surface area (TPSA) is 104 Å². The van der Waals surface area contributed by atoms with Crippen molar-refractivity contribution in [3.63, 3.8) is 0 Å². The molecule has 0 aliphatic heterocycles. The summed E-state index contributed by atoms with van der Waals surface area (Å²) in [4.78, 5) is 22.5. The van der Waals surface area contributed by atoms with Gasteiger partial charge in [-0.05, 0) is 47.5 Å². The van der Waals surface area contributed by atoms with Crippen LogP contribution in [0.1, 0.15) is 21.5 Å². The predicted molar refractivity (Wildman–Crippen MR) is 102 cm³/mol. The number of aliphatic hydroxyl groups is 1. The summed E-state index contributed by atoms with van der Waals surface area (Å²) in [6.07, 6.45) is 7.07. The van der Waals surface area contributed by atoms with Crippen LogP contribution in [0.15, 0.2) is 60.4 Å². The Hall–Kier alpha value is -3.80. The number of rotatable bonds is 7. The molecule has 2 rings (SSSR count). The molecule has 6 nitrogen and oxygen atoms in total. The van der Waals surface area contributed by atoms with Gasteiger partial charge in [-0.15, -0.1) is 0 Å². The molecule has 27 heavy (non-hydrogen) atoms. The van der Waals surface area contributed by atoms with E-state index in [1.165, 1.54) is 49.6 Å². The zero-order chi connectivity index (χ0) is 19.8. The molecule has 0 fully saturated rings. The Bertz CT molecular complexity index is 938. The number of hydrogen-bond donors (Lipinski definition) is 3. The molecule has 2 aromatic carbocycles. The van der Waals surface area contributed by atoms with E-state index in [0.717, 1.165) is 6.08 Å². The first-order chi connectivity index (χ1) is 12.9. The fourth-order valence-corrected chi connectivity index (χ4v) is 2.18. The number of carbonyl (C=O) groups excluding carboxylic acids is 2. The summed E-state index contributed by atoms with van der Waals surface area (Å²) in [5.74, 6) is -0.609.